The van der Waals surface area contributed by atoms with E-state index < -0.39 is 0 Å². The van der Waals surface area contributed by atoms with E-state index in [0.29, 0.717) is 42.4 Å². The third-order valence-electron chi connectivity index (χ3n) is 5.23. The number of hydrogen-bond donors (Lipinski definition) is 2. The van der Waals surface area contributed by atoms with Crippen LogP contribution >= 0.6 is 11.3 Å². The summed E-state index contributed by atoms with van der Waals surface area (Å²) in [5.41, 5.74) is 1.24. The third-order valence-corrected chi connectivity index (χ3v) is 6.10. The Balaban J connectivity index is 1.60. The van der Waals surface area contributed by atoms with Gasteiger partial charge in [0.1, 0.15) is 0 Å². The van der Waals surface area contributed by atoms with Crippen LogP contribution in [-0.4, -0.2) is 53.8 Å². The number of likely N-dealkylation sites (tertiary alicyclic amines) is 1. The fourth-order valence-corrected chi connectivity index (χ4v) is 4.20. The van der Waals surface area contributed by atoms with Crippen LogP contribution in [0.4, 0.5) is 16.2 Å². The molecular weight excluding hydrogens is 400 g/mol. The van der Waals surface area contributed by atoms with Gasteiger partial charge in [-0.2, -0.15) is 0 Å². The lowest BCUT2D eigenvalue weighted by Crippen LogP contribution is -2.49. The first-order valence-electron chi connectivity index (χ1n) is 10.3. The summed E-state index contributed by atoms with van der Waals surface area (Å²) < 4.78 is 0. The molecule has 1 aromatic carbocycles. The molecule has 160 valence electrons. The van der Waals surface area contributed by atoms with Crippen molar-refractivity contribution < 1.29 is 14.4 Å². The van der Waals surface area contributed by atoms with Crippen LogP contribution in [0.5, 0.6) is 0 Å². The van der Waals surface area contributed by atoms with Crippen molar-refractivity contribution in [3.05, 3.63) is 46.7 Å². The SMILES string of the molecule is CCN(CC)C(=O)N1CCC[C@H](C(=O)Nc2cccc(NC(=O)c3cccs3)c2)C1. The number of thiophene rings is 1. The molecule has 0 aliphatic carbocycles. The van der Waals surface area contributed by atoms with Gasteiger partial charge in [-0.15, -0.1) is 11.3 Å². The molecule has 4 amide bonds. The molecule has 7 nitrogen and oxygen atoms in total. The molecule has 0 spiro atoms. The Hall–Kier alpha value is -2.87. The lowest BCUT2D eigenvalue weighted by Gasteiger charge is -2.35. The quantitative estimate of drug-likeness (QED) is 0.726. The zero-order chi connectivity index (χ0) is 21.5. The largest absolute Gasteiger partial charge is 0.326 e. The van der Waals surface area contributed by atoms with Gasteiger partial charge < -0.3 is 20.4 Å². The van der Waals surface area contributed by atoms with E-state index in [4.69, 9.17) is 0 Å². The van der Waals surface area contributed by atoms with Crippen molar-refractivity contribution in [3.63, 3.8) is 0 Å². The summed E-state index contributed by atoms with van der Waals surface area (Å²) in [5.74, 6) is -0.525. The number of nitrogens with one attached hydrogen (secondary N) is 2. The van der Waals surface area contributed by atoms with Gasteiger partial charge in [-0.05, 0) is 56.3 Å². The first-order chi connectivity index (χ1) is 14.5. The molecule has 0 bridgehead atoms. The topological polar surface area (TPSA) is 81.8 Å². The van der Waals surface area contributed by atoms with Crippen LogP contribution in [0.25, 0.3) is 0 Å². The van der Waals surface area contributed by atoms with Crippen molar-refractivity contribution in [1.82, 2.24) is 9.80 Å². The van der Waals surface area contributed by atoms with Crippen LogP contribution in [-0.2, 0) is 4.79 Å². The second kappa shape index (κ2) is 10.2. The monoisotopic (exact) mass is 428 g/mol. The molecule has 30 heavy (non-hydrogen) atoms. The maximum Gasteiger partial charge on any atom is 0.320 e. The number of nitrogens with zero attached hydrogens (tertiary/aromatic N) is 2. The van der Waals surface area contributed by atoms with Crippen LogP contribution in [0, 0.1) is 5.92 Å². The number of anilines is 2. The third kappa shape index (κ3) is 5.38. The van der Waals surface area contributed by atoms with Gasteiger partial charge in [0, 0.05) is 37.6 Å². The van der Waals surface area contributed by atoms with E-state index in [-0.39, 0.29) is 23.8 Å². The molecular formula is C22H28N4O3S. The molecule has 0 radical (unpaired) electrons. The number of carbonyl (C=O) groups excluding carboxylic acids is 3. The van der Waals surface area contributed by atoms with Crippen molar-refractivity contribution in [2.24, 2.45) is 5.92 Å². The highest BCUT2D eigenvalue weighted by Gasteiger charge is 2.30. The molecule has 1 atom stereocenters. The van der Waals surface area contributed by atoms with Gasteiger partial charge in [0.15, 0.2) is 0 Å². The highest BCUT2D eigenvalue weighted by molar-refractivity contribution is 7.12. The average molecular weight is 429 g/mol. The van der Waals surface area contributed by atoms with E-state index in [9.17, 15) is 14.4 Å². The van der Waals surface area contributed by atoms with Crippen LogP contribution in [0.15, 0.2) is 41.8 Å². The van der Waals surface area contributed by atoms with E-state index in [1.165, 1.54) is 11.3 Å². The number of benzene rings is 1. The molecule has 2 aromatic rings. The molecule has 0 saturated carbocycles. The molecule has 2 heterocycles. The Morgan fingerprint density at radius 2 is 1.83 bits per heavy atom. The van der Waals surface area contributed by atoms with E-state index in [1.807, 2.05) is 25.3 Å². The normalized spacial score (nSPS) is 16.1. The van der Waals surface area contributed by atoms with Crippen molar-refractivity contribution in [2.75, 3.05) is 36.8 Å². The van der Waals surface area contributed by atoms with E-state index in [1.54, 1.807) is 40.1 Å². The maximum absolute atomic E-state index is 12.8. The summed E-state index contributed by atoms with van der Waals surface area (Å²) in [7, 11) is 0. The minimum absolute atomic E-state index is 0.00390. The molecule has 1 aliphatic heterocycles. The number of urea groups is 1. The molecule has 1 fully saturated rings. The smallest absolute Gasteiger partial charge is 0.320 e. The maximum atomic E-state index is 12.8. The summed E-state index contributed by atoms with van der Waals surface area (Å²) in [6, 6.07) is 10.7. The van der Waals surface area contributed by atoms with Gasteiger partial charge in [0.25, 0.3) is 5.91 Å². The minimum atomic E-state index is -0.248. The number of amides is 4. The van der Waals surface area contributed by atoms with Crippen molar-refractivity contribution >= 4 is 40.6 Å². The zero-order valence-corrected chi connectivity index (χ0v) is 18.2. The molecule has 0 unspecified atom stereocenters. The fourth-order valence-electron chi connectivity index (χ4n) is 3.58. The first-order valence-corrected chi connectivity index (χ1v) is 11.2. The zero-order valence-electron chi connectivity index (χ0n) is 17.4. The Morgan fingerprint density at radius 1 is 1.10 bits per heavy atom. The number of piperidine rings is 1. The standard InChI is InChI=1S/C22H28N4O3S/c1-3-25(4-2)22(29)26-12-6-8-16(15-26)20(27)23-17-9-5-10-18(14-17)24-21(28)19-11-7-13-30-19/h5,7,9-11,13-14,16H,3-4,6,8,12,15H2,1-2H3,(H,23,27)(H,24,28)/t16-/m0/s1. The van der Waals surface area contributed by atoms with Gasteiger partial charge in [-0.25, -0.2) is 4.79 Å². The van der Waals surface area contributed by atoms with Crippen molar-refractivity contribution in [1.29, 1.82) is 0 Å². The summed E-state index contributed by atoms with van der Waals surface area (Å²) >= 11 is 1.37. The van der Waals surface area contributed by atoms with Crippen molar-refractivity contribution in [3.8, 4) is 0 Å². The predicted molar refractivity (Wildman–Crippen MR) is 120 cm³/mol. The summed E-state index contributed by atoms with van der Waals surface area (Å²) in [6.07, 6.45) is 1.56. The van der Waals surface area contributed by atoms with Gasteiger partial charge in [-0.3, -0.25) is 9.59 Å². The van der Waals surface area contributed by atoms with E-state index >= 15 is 0 Å². The van der Waals surface area contributed by atoms with E-state index in [0.717, 1.165) is 12.8 Å². The van der Waals surface area contributed by atoms with Crippen molar-refractivity contribution in [2.45, 2.75) is 26.7 Å². The van der Waals surface area contributed by atoms with Gasteiger partial charge in [0.05, 0.1) is 10.8 Å². The summed E-state index contributed by atoms with van der Waals surface area (Å²) in [6.45, 7) is 6.35. The molecule has 2 N–H and O–H groups in total. The highest BCUT2D eigenvalue weighted by Crippen LogP contribution is 2.22. The van der Waals surface area contributed by atoms with Crippen LogP contribution in [0.1, 0.15) is 36.4 Å². The lowest BCUT2D eigenvalue weighted by molar-refractivity contribution is -0.121. The van der Waals surface area contributed by atoms with Crippen LogP contribution in [0.3, 0.4) is 0 Å². The van der Waals surface area contributed by atoms with Gasteiger partial charge in [0.2, 0.25) is 5.91 Å². The molecule has 8 heteroatoms. The fraction of sp³-hybridized carbons (Fsp3) is 0.409. The molecule has 1 aliphatic rings. The number of rotatable bonds is 6. The first kappa shape index (κ1) is 21.8. The van der Waals surface area contributed by atoms with Gasteiger partial charge >= 0.3 is 6.03 Å². The second-order valence-corrected chi connectivity index (χ2v) is 8.19. The number of hydrogen-bond acceptors (Lipinski definition) is 4. The summed E-state index contributed by atoms with van der Waals surface area (Å²) in [4.78, 5) is 41.8. The molecule has 1 aromatic heterocycles. The van der Waals surface area contributed by atoms with Gasteiger partial charge in [-0.1, -0.05) is 12.1 Å². The second-order valence-electron chi connectivity index (χ2n) is 7.24. The Kier molecular flexibility index (Phi) is 7.46. The van der Waals surface area contributed by atoms with Crippen LogP contribution < -0.4 is 10.6 Å². The Labute approximate surface area is 181 Å². The Morgan fingerprint density at radius 3 is 2.50 bits per heavy atom. The lowest BCUT2D eigenvalue weighted by atomic mass is 9.97. The Bertz CT molecular complexity index is 880. The minimum Gasteiger partial charge on any atom is -0.326 e. The summed E-state index contributed by atoms with van der Waals surface area (Å²) in [5, 5.41) is 7.64. The number of carbonyl (C=O) groups is 3. The van der Waals surface area contributed by atoms with Crippen LogP contribution in [0.2, 0.25) is 0 Å². The molecule has 1 saturated heterocycles. The van der Waals surface area contributed by atoms with E-state index in [2.05, 4.69) is 10.6 Å². The molecule has 3 rings (SSSR count). The predicted octanol–water partition coefficient (Wildman–Crippen LogP) is 4.11. The average Bonchev–Trinajstić information content (AvgIpc) is 3.30. The highest BCUT2D eigenvalue weighted by atomic mass is 32.1.